The fraction of sp³-hybridized carbons (Fsp3) is 0.0714. The molecule has 0 fully saturated rings. The third-order valence-electron chi connectivity index (χ3n) is 5.20. The number of hydrogen-bond donors (Lipinski definition) is 2. The second-order valence-corrected chi connectivity index (χ2v) is 10.4. The minimum atomic E-state index is -0.525. The van der Waals surface area contributed by atoms with Crippen molar-refractivity contribution < 1.29 is 9.59 Å². The molecule has 2 amide bonds. The molecule has 1 atom stereocenters. The Morgan fingerprint density at radius 2 is 1.42 bits per heavy atom. The lowest BCUT2D eigenvalue weighted by Gasteiger charge is -2.18. The van der Waals surface area contributed by atoms with Gasteiger partial charge in [-0.25, -0.2) is 0 Å². The lowest BCUT2D eigenvalue weighted by atomic mass is 10.1. The van der Waals surface area contributed by atoms with Gasteiger partial charge in [0.1, 0.15) is 5.25 Å². The summed E-state index contributed by atoms with van der Waals surface area (Å²) in [6.45, 7) is 0. The number of thioether (sulfide) groups is 1. The van der Waals surface area contributed by atoms with Gasteiger partial charge in [-0.3, -0.25) is 9.59 Å². The van der Waals surface area contributed by atoms with Crippen molar-refractivity contribution in [2.45, 2.75) is 16.6 Å². The zero-order valence-corrected chi connectivity index (χ0v) is 22.0. The van der Waals surface area contributed by atoms with Crippen LogP contribution in [0.25, 0.3) is 0 Å². The largest absolute Gasteiger partial charge is 0.326 e. The van der Waals surface area contributed by atoms with E-state index in [0.717, 1.165) is 16.0 Å². The quantitative estimate of drug-likeness (QED) is 0.215. The van der Waals surface area contributed by atoms with Crippen molar-refractivity contribution in [2.24, 2.45) is 0 Å². The minimum Gasteiger partial charge on any atom is -0.326 e. The van der Waals surface area contributed by atoms with Crippen LogP contribution < -0.4 is 10.6 Å². The van der Waals surface area contributed by atoms with E-state index in [-0.39, 0.29) is 18.2 Å². The van der Waals surface area contributed by atoms with Crippen molar-refractivity contribution in [3.8, 4) is 0 Å². The van der Waals surface area contributed by atoms with Gasteiger partial charge in [0.25, 0.3) is 0 Å². The number of halogens is 3. The summed E-state index contributed by atoms with van der Waals surface area (Å²) in [5.41, 5.74) is 2.89. The van der Waals surface area contributed by atoms with Crippen molar-refractivity contribution in [3.05, 3.63) is 123 Å². The fourth-order valence-corrected chi connectivity index (χ4v) is 5.04. The van der Waals surface area contributed by atoms with Crippen LogP contribution in [0.2, 0.25) is 15.1 Å². The maximum atomic E-state index is 13.3. The summed E-state index contributed by atoms with van der Waals surface area (Å²) in [4.78, 5) is 26.5. The molecule has 8 heteroatoms. The van der Waals surface area contributed by atoms with Crippen LogP contribution in [0.5, 0.6) is 0 Å². The smallest absolute Gasteiger partial charge is 0.242 e. The molecular weight excluding hydrogens is 535 g/mol. The molecule has 0 saturated heterocycles. The molecule has 0 aromatic heterocycles. The summed E-state index contributed by atoms with van der Waals surface area (Å²) < 4.78 is 0. The van der Waals surface area contributed by atoms with Gasteiger partial charge in [-0.1, -0.05) is 77.3 Å². The van der Waals surface area contributed by atoms with E-state index in [2.05, 4.69) is 10.6 Å². The number of nitrogens with one attached hydrogen (secondary N) is 2. The molecule has 0 saturated carbocycles. The third-order valence-corrected chi connectivity index (χ3v) is 7.27. The van der Waals surface area contributed by atoms with E-state index in [0.29, 0.717) is 26.4 Å². The Labute approximate surface area is 229 Å². The van der Waals surface area contributed by atoms with Crippen molar-refractivity contribution in [2.75, 3.05) is 10.6 Å². The summed E-state index contributed by atoms with van der Waals surface area (Å²) in [7, 11) is 0. The molecule has 0 aliphatic heterocycles. The summed E-state index contributed by atoms with van der Waals surface area (Å²) >= 11 is 19.5. The van der Waals surface area contributed by atoms with Crippen molar-refractivity contribution in [1.82, 2.24) is 0 Å². The van der Waals surface area contributed by atoms with Crippen LogP contribution in [-0.4, -0.2) is 11.8 Å². The third kappa shape index (κ3) is 7.28. The lowest BCUT2D eigenvalue weighted by Crippen LogP contribution is -2.19. The maximum absolute atomic E-state index is 13.3. The van der Waals surface area contributed by atoms with Gasteiger partial charge >= 0.3 is 0 Å². The molecular formula is C28H21Cl3N2O2S. The topological polar surface area (TPSA) is 58.2 Å². The van der Waals surface area contributed by atoms with Crippen LogP contribution in [0, 0.1) is 0 Å². The highest BCUT2D eigenvalue weighted by Gasteiger charge is 2.23. The van der Waals surface area contributed by atoms with E-state index >= 15 is 0 Å². The van der Waals surface area contributed by atoms with Gasteiger partial charge in [0.2, 0.25) is 11.8 Å². The van der Waals surface area contributed by atoms with Crippen LogP contribution >= 0.6 is 46.6 Å². The Hall–Kier alpha value is -2.96. The Morgan fingerprint density at radius 3 is 2.08 bits per heavy atom. The summed E-state index contributed by atoms with van der Waals surface area (Å²) in [6, 6.07) is 29.0. The van der Waals surface area contributed by atoms with Gasteiger partial charge in [-0.15, -0.1) is 11.8 Å². The second-order valence-electron chi connectivity index (χ2n) is 7.90. The first-order chi connectivity index (χ1) is 17.4. The highest BCUT2D eigenvalue weighted by Crippen LogP contribution is 2.37. The van der Waals surface area contributed by atoms with E-state index in [4.69, 9.17) is 34.8 Å². The first kappa shape index (κ1) is 26.1. The normalized spacial score (nSPS) is 11.5. The van der Waals surface area contributed by atoms with Gasteiger partial charge in [0, 0.05) is 20.6 Å². The average Bonchev–Trinajstić information content (AvgIpc) is 2.87. The van der Waals surface area contributed by atoms with Gasteiger partial charge in [-0.2, -0.15) is 0 Å². The lowest BCUT2D eigenvalue weighted by molar-refractivity contribution is -0.116. The SMILES string of the molecule is O=C(Cc1ccc(Cl)cc1)Nc1ccc(SC(C(=O)Nc2ccc(Cl)cc2Cl)c2ccccc2)cc1. The standard InChI is InChI=1S/C28H21Cl3N2O2S/c29-20-8-6-18(7-9-20)16-26(34)32-22-11-13-23(14-12-22)36-27(19-4-2-1-3-5-19)28(35)33-25-15-10-21(30)17-24(25)31/h1-15,17,27H,16H2,(H,32,34)(H,33,35). The van der Waals surface area contributed by atoms with Crippen LogP contribution in [0.1, 0.15) is 16.4 Å². The number of hydrogen-bond acceptors (Lipinski definition) is 3. The van der Waals surface area contributed by atoms with Gasteiger partial charge in [0.05, 0.1) is 17.1 Å². The summed E-state index contributed by atoms with van der Waals surface area (Å²) in [5.74, 6) is -0.338. The van der Waals surface area contributed by atoms with E-state index in [1.54, 1.807) is 30.3 Å². The summed E-state index contributed by atoms with van der Waals surface area (Å²) in [6.07, 6.45) is 0.247. The Balaban J connectivity index is 1.45. The second kappa shape index (κ2) is 12.3. The molecule has 0 radical (unpaired) electrons. The van der Waals surface area contributed by atoms with Crippen LogP contribution in [0.15, 0.2) is 102 Å². The number of anilines is 2. The molecule has 4 aromatic carbocycles. The molecule has 4 rings (SSSR count). The summed E-state index contributed by atoms with van der Waals surface area (Å²) in [5, 5.41) is 6.77. The fourth-order valence-electron chi connectivity index (χ4n) is 3.44. The highest BCUT2D eigenvalue weighted by atomic mass is 35.5. The van der Waals surface area contributed by atoms with E-state index in [1.807, 2.05) is 66.7 Å². The molecule has 0 aliphatic carbocycles. The highest BCUT2D eigenvalue weighted by molar-refractivity contribution is 8.00. The van der Waals surface area contributed by atoms with Crippen molar-refractivity contribution in [3.63, 3.8) is 0 Å². The van der Waals surface area contributed by atoms with E-state index in [1.165, 1.54) is 11.8 Å². The number of carbonyl (C=O) groups is 2. The van der Waals surface area contributed by atoms with Gasteiger partial charge in [0.15, 0.2) is 0 Å². The predicted octanol–water partition coefficient (Wildman–Crippen LogP) is 8.30. The Kier molecular flexibility index (Phi) is 8.94. The first-order valence-electron chi connectivity index (χ1n) is 11.0. The number of amides is 2. The number of carbonyl (C=O) groups excluding carboxylic acids is 2. The monoisotopic (exact) mass is 554 g/mol. The van der Waals surface area contributed by atoms with Crippen molar-refractivity contribution in [1.29, 1.82) is 0 Å². The zero-order chi connectivity index (χ0) is 25.5. The molecule has 0 aliphatic rings. The zero-order valence-electron chi connectivity index (χ0n) is 18.9. The first-order valence-corrected chi connectivity index (χ1v) is 13.0. The van der Waals surface area contributed by atoms with E-state index < -0.39 is 5.25 Å². The molecule has 1 unspecified atom stereocenters. The number of rotatable bonds is 8. The molecule has 0 spiro atoms. The van der Waals surface area contributed by atoms with Gasteiger partial charge in [-0.05, 0) is 65.7 Å². The molecule has 0 bridgehead atoms. The number of benzene rings is 4. The molecule has 2 N–H and O–H groups in total. The Bertz CT molecular complexity index is 1350. The van der Waals surface area contributed by atoms with Crippen LogP contribution in [0.4, 0.5) is 11.4 Å². The average molecular weight is 556 g/mol. The Morgan fingerprint density at radius 1 is 0.750 bits per heavy atom. The molecule has 182 valence electrons. The van der Waals surface area contributed by atoms with Gasteiger partial charge < -0.3 is 10.6 Å². The molecule has 4 aromatic rings. The van der Waals surface area contributed by atoms with Crippen LogP contribution in [-0.2, 0) is 16.0 Å². The molecule has 36 heavy (non-hydrogen) atoms. The molecule has 0 heterocycles. The van der Waals surface area contributed by atoms with Crippen LogP contribution in [0.3, 0.4) is 0 Å². The minimum absolute atomic E-state index is 0.126. The van der Waals surface area contributed by atoms with E-state index in [9.17, 15) is 9.59 Å². The van der Waals surface area contributed by atoms with Crippen molar-refractivity contribution >= 4 is 69.8 Å². The predicted molar refractivity (Wildman–Crippen MR) is 150 cm³/mol. The maximum Gasteiger partial charge on any atom is 0.242 e. The molecule has 4 nitrogen and oxygen atoms in total.